The van der Waals surface area contributed by atoms with E-state index in [-0.39, 0.29) is 0 Å². The minimum absolute atomic E-state index is 0.426. The van der Waals surface area contributed by atoms with E-state index in [1.54, 1.807) is 24.3 Å². The van der Waals surface area contributed by atoms with Gasteiger partial charge >= 0.3 is 0 Å². The molecule has 2 atom stereocenters. The highest BCUT2D eigenvalue weighted by molar-refractivity contribution is 9.10. The smallest absolute Gasteiger partial charge is 0.290 e. The molecule has 0 unspecified atom stereocenters. The van der Waals surface area contributed by atoms with Crippen LogP contribution in [0.4, 0.5) is 0 Å². The van der Waals surface area contributed by atoms with E-state index < -0.39 is 15.4 Å². The van der Waals surface area contributed by atoms with E-state index in [4.69, 9.17) is 5.73 Å². The zero-order valence-electron chi connectivity index (χ0n) is 7.68. The van der Waals surface area contributed by atoms with Crippen LogP contribution in [-0.4, -0.2) is 9.37 Å². The SMILES string of the molecule is C[C@](Br)([C@@H](N)c1ccccc1)[N+](=O)[O-]. The van der Waals surface area contributed by atoms with Gasteiger partial charge in [-0.05, 0) is 5.56 Å². The Kier molecular flexibility index (Phi) is 3.23. The Bertz CT molecular complexity index is 327. The Hall–Kier alpha value is -0.940. The van der Waals surface area contributed by atoms with Gasteiger partial charge in [0.05, 0.1) is 0 Å². The predicted octanol–water partition coefficient (Wildman–Crippen LogP) is 2.07. The minimum Gasteiger partial charge on any atom is -0.317 e. The van der Waals surface area contributed by atoms with Gasteiger partial charge in [0.15, 0.2) is 0 Å². The number of alkyl halides is 1. The van der Waals surface area contributed by atoms with E-state index in [1.165, 1.54) is 6.92 Å². The Balaban J connectivity index is 2.96. The zero-order chi connectivity index (χ0) is 10.8. The maximum atomic E-state index is 10.7. The molecular weight excluding hydrogens is 248 g/mol. The highest BCUT2D eigenvalue weighted by Gasteiger charge is 2.41. The first-order chi connectivity index (χ1) is 6.46. The third-order valence-corrected chi connectivity index (χ3v) is 2.87. The molecule has 0 aliphatic rings. The average molecular weight is 259 g/mol. The van der Waals surface area contributed by atoms with Crippen molar-refractivity contribution in [1.29, 1.82) is 0 Å². The van der Waals surface area contributed by atoms with Crippen molar-refractivity contribution in [3.63, 3.8) is 0 Å². The highest BCUT2D eigenvalue weighted by Crippen LogP contribution is 2.31. The molecule has 0 radical (unpaired) electrons. The third kappa shape index (κ3) is 2.10. The summed E-state index contributed by atoms with van der Waals surface area (Å²) in [6.07, 6.45) is 0. The van der Waals surface area contributed by atoms with E-state index in [2.05, 4.69) is 15.9 Å². The minimum atomic E-state index is -1.33. The Labute approximate surface area is 90.4 Å². The molecule has 0 heterocycles. The fourth-order valence-electron chi connectivity index (χ4n) is 1.08. The van der Waals surface area contributed by atoms with Gasteiger partial charge in [0, 0.05) is 27.8 Å². The van der Waals surface area contributed by atoms with Crippen LogP contribution in [-0.2, 0) is 0 Å². The zero-order valence-corrected chi connectivity index (χ0v) is 9.27. The van der Waals surface area contributed by atoms with E-state index in [9.17, 15) is 10.1 Å². The third-order valence-electron chi connectivity index (χ3n) is 2.08. The number of rotatable bonds is 3. The molecule has 0 spiro atoms. The van der Waals surface area contributed by atoms with Crippen LogP contribution in [0.15, 0.2) is 30.3 Å². The molecule has 5 heteroatoms. The Morgan fingerprint density at radius 1 is 1.50 bits per heavy atom. The number of nitrogens with zero attached hydrogens (tertiary/aromatic N) is 1. The summed E-state index contributed by atoms with van der Waals surface area (Å²) in [6.45, 7) is 1.45. The van der Waals surface area contributed by atoms with Crippen LogP contribution in [0, 0.1) is 10.1 Å². The lowest BCUT2D eigenvalue weighted by Gasteiger charge is -2.21. The summed E-state index contributed by atoms with van der Waals surface area (Å²) in [5.74, 6) is 0. The van der Waals surface area contributed by atoms with E-state index in [0.29, 0.717) is 0 Å². The van der Waals surface area contributed by atoms with Crippen LogP contribution < -0.4 is 5.73 Å². The average Bonchev–Trinajstić information content (AvgIpc) is 2.17. The van der Waals surface area contributed by atoms with E-state index in [1.807, 2.05) is 6.07 Å². The molecular formula is C9H11BrN2O2. The van der Waals surface area contributed by atoms with Crippen molar-refractivity contribution in [3.05, 3.63) is 46.0 Å². The fraction of sp³-hybridized carbons (Fsp3) is 0.333. The van der Waals surface area contributed by atoms with E-state index in [0.717, 1.165) is 5.56 Å². The summed E-state index contributed by atoms with van der Waals surface area (Å²) in [4.78, 5) is 10.3. The predicted molar refractivity (Wildman–Crippen MR) is 57.7 cm³/mol. The van der Waals surface area contributed by atoms with Crippen molar-refractivity contribution in [2.45, 2.75) is 17.4 Å². The second-order valence-electron chi connectivity index (χ2n) is 3.17. The summed E-state index contributed by atoms with van der Waals surface area (Å²) in [6, 6.07) is 8.32. The van der Waals surface area contributed by atoms with Gasteiger partial charge in [-0.1, -0.05) is 30.3 Å². The lowest BCUT2D eigenvalue weighted by Crippen LogP contribution is -2.39. The van der Waals surface area contributed by atoms with Crippen molar-refractivity contribution in [1.82, 2.24) is 0 Å². The number of nitro groups is 1. The van der Waals surface area contributed by atoms with Crippen LogP contribution in [0.25, 0.3) is 0 Å². The molecule has 0 aromatic heterocycles. The van der Waals surface area contributed by atoms with Crippen LogP contribution >= 0.6 is 15.9 Å². The summed E-state index contributed by atoms with van der Waals surface area (Å²) in [5, 5.41) is 10.7. The molecule has 0 bridgehead atoms. The Morgan fingerprint density at radius 3 is 2.43 bits per heavy atom. The molecule has 2 N–H and O–H groups in total. The number of hydrogen-bond donors (Lipinski definition) is 1. The molecule has 14 heavy (non-hydrogen) atoms. The molecule has 1 aromatic carbocycles. The van der Waals surface area contributed by atoms with Crippen molar-refractivity contribution in [2.24, 2.45) is 5.73 Å². The number of hydrogen-bond acceptors (Lipinski definition) is 3. The molecule has 1 rings (SSSR count). The molecule has 0 aliphatic heterocycles. The standard InChI is InChI=1S/C9H11BrN2O2/c1-9(10,12(13)14)8(11)7-5-3-2-4-6-7/h2-6,8H,11H2,1H3/t8-,9+/m0/s1. The van der Waals surface area contributed by atoms with Gasteiger partial charge < -0.3 is 5.73 Å². The number of benzene rings is 1. The molecule has 1 aromatic rings. The van der Waals surface area contributed by atoms with Crippen molar-refractivity contribution < 1.29 is 4.92 Å². The molecule has 4 nitrogen and oxygen atoms in total. The quantitative estimate of drug-likeness (QED) is 0.391. The summed E-state index contributed by atoms with van der Waals surface area (Å²) >= 11 is 3.02. The van der Waals surface area contributed by atoms with Crippen molar-refractivity contribution >= 4 is 15.9 Å². The second kappa shape index (κ2) is 4.06. The van der Waals surface area contributed by atoms with Gasteiger partial charge in [0.1, 0.15) is 6.04 Å². The lowest BCUT2D eigenvalue weighted by molar-refractivity contribution is -0.535. The molecule has 0 fully saturated rings. The molecule has 76 valence electrons. The van der Waals surface area contributed by atoms with Crippen molar-refractivity contribution in [2.75, 3.05) is 0 Å². The summed E-state index contributed by atoms with van der Waals surface area (Å²) in [7, 11) is 0. The number of halogens is 1. The molecule has 0 saturated heterocycles. The van der Waals surface area contributed by atoms with Gasteiger partial charge in [-0.25, -0.2) is 0 Å². The summed E-state index contributed by atoms with van der Waals surface area (Å²) in [5.41, 5.74) is 6.52. The first-order valence-corrected chi connectivity index (χ1v) is 4.89. The highest BCUT2D eigenvalue weighted by atomic mass is 79.9. The normalized spacial score (nSPS) is 17.1. The van der Waals surface area contributed by atoms with Gasteiger partial charge in [-0.15, -0.1) is 0 Å². The summed E-state index contributed by atoms with van der Waals surface area (Å²) < 4.78 is -1.33. The first-order valence-electron chi connectivity index (χ1n) is 4.10. The van der Waals surface area contributed by atoms with Gasteiger partial charge in [0.25, 0.3) is 4.45 Å². The van der Waals surface area contributed by atoms with Crippen LogP contribution in [0.5, 0.6) is 0 Å². The van der Waals surface area contributed by atoms with Crippen LogP contribution in [0.1, 0.15) is 18.5 Å². The monoisotopic (exact) mass is 258 g/mol. The largest absolute Gasteiger partial charge is 0.317 e. The maximum absolute atomic E-state index is 10.7. The molecule has 0 aliphatic carbocycles. The van der Waals surface area contributed by atoms with Gasteiger partial charge in [-0.2, -0.15) is 0 Å². The second-order valence-corrected chi connectivity index (χ2v) is 4.77. The first kappa shape index (κ1) is 11.1. The molecule has 0 amide bonds. The van der Waals surface area contributed by atoms with Gasteiger partial charge in [-0.3, -0.25) is 10.1 Å². The van der Waals surface area contributed by atoms with E-state index >= 15 is 0 Å². The molecule has 0 saturated carbocycles. The topological polar surface area (TPSA) is 69.2 Å². The maximum Gasteiger partial charge on any atom is 0.290 e. The number of nitrogens with two attached hydrogens (primary N) is 1. The van der Waals surface area contributed by atoms with Crippen LogP contribution in [0.3, 0.4) is 0 Å². The lowest BCUT2D eigenvalue weighted by atomic mass is 10.0. The van der Waals surface area contributed by atoms with Crippen LogP contribution in [0.2, 0.25) is 0 Å². The fourth-order valence-corrected chi connectivity index (χ4v) is 1.34. The van der Waals surface area contributed by atoms with Gasteiger partial charge in [0.2, 0.25) is 0 Å². The Morgan fingerprint density at radius 2 is 2.00 bits per heavy atom. The van der Waals surface area contributed by atoms with Crippen molar-refractivity contribution in [3.8, 4) is 0 Å².